The van der Waals surface area contributed by atoms with Crippen LogP contribution < -0.4 is 5.46 Å². The lowest BCUT2D eigenvalue weighted by Gasteiger charge is -2.11. The molecule has 5 aromatic rings. The normalized spacial score (nSPS) is 11.5. The van der Waals surface area contributed by atoms with Gasteiger partial charge in [-0.15, -0.1) is 0 Å². The molecule has 4 heteroatoms. The quantitative estimate of drug-likeness (QED) is 0.444. The lowest BCUT2D eigenvalue weighted by atomic mass is 9.94. The maximum atomic E-state index is 6.09. The van der Waals surface area contributed by atoms with E-state index in [1.807, 2.05) is 12.1 Å². The van der Waals surface area contributed by atoms with E-state index in [0.29, 0.717) is 5.46 Å². The highest BCUT2D eigenvalue weighted by molar-refractivity contribution is 6.38. The summed E-state index contributed by atoms with van der Waals surface area (Å²) >= 11 is 0. The van der Waals surface area contributed by atoms with E-state index in [9.17, 15) is 0 Å². The highest BCUT2D eigenvalue weighted by Crippen LogP contribution is 2.33. The minimum atomic E-state index is 0.641. The Labute approximate surface area is 140 Å². The van der Waals surface area contributed by atoms with Crippen molar-refractivity contribution in [2.75, 3.05) is 0 Å². The standard InChI is InChI=1S/C20H12BN3/c21-15-9-10-18(20-19(15)22-11-12-23-20)24-16-7-3-1-5-13(16)14-6-2-4-8-17(14)24/h1-12H. The van der Waals surface area contributed by atoms with Crippen molar-refractivity contribution in [2.45, 2.75) is 0 Å². The van der Waals surface area contributed by atoms with Crippen molar-refractivity contribution in [3.8, 4) is 5.69 Å². The molecule has 2 aromatic heterocycles. The van der Waals surface area contributed by atoms with Crippen molar-refractivity contribution < 1.29 is 0 Å². The van der Waals surface area contributed by atoms with Crippen LogP contribution in [0.25, 0.3) is 38.5 Å². The fourth-order valence-electron chi connectivity index (χ4n) is 3.43. The number of para-hydroxylation sites is 2. The monoisotopic (exact) mass is 305 g/mol. The highest BCUT2D eigenvalue weighted by atomic mass is 15.0. The van der Waals surface area contributed by atoms with Gasteiger partial charge in [-0.3, -0.25) is 9.97 Å². The molecule has 0 aliphatic carbocycles. The third-order valence-corrected chi connectivity index (χ3v) is 4.46. The molecule has 0 aliphatic heterocycles. The summed E-state index contributed by atoms with van der Waals surface area (Å²) in [5.74, 6) is 0. The molecule has 2 radical (unpaired) electrons. The van der Waals surface area contributed by atoms with Crippen molar-refractivity contribution in [3.63, 3.8) is 0 Å². The van der Waals surface area contributed by atoms with Crippen LogP contribution in [0.3, 0.4) is 0 Å². The number of nitrogens with zero attached hydrogens (tertiary/aromatic N) is 3. The van der Waals surface area contributed by atoms with Crippen LogP contribution in [-0.2, 0) is 0 Å². The zero-order valence-electron chi connectivity index (χ0n) is 12.8. The van der Waals surface area contributed by atoms with Gasteiger partial charge in [0.1, 0.15) is 13.4 Å². The predicted molar refractivity (Wildman–Crippen MR) is 99.3 cm³/mol. The number of benzene rings is 3. The molecule has 0 unspecified atom stereocenters. The molecular formula is C20H12BN3. The third kappa shape index (κ3) is 1.74. The molecule has 0 N–H and O–H groups in total. The molecular weight excluding hydrogens is 293 g/mol. The molecule has 0 aliphatic rings. The van der Waals surface area contributed by atoms with Gasteiger partial charge in [0.05, 0.1) is 22.2 Å². The van der Waals surface area contributed by atoms with Crippen LogP contribution in [0.2, 0.25) is 0 Å². The largest absolute Gasteiger partial charge is 0.307 e. The zero-order chi connectivity index (χ0) is 16.1. The summed E-state index contributed by atoms with van der Waals surface area (Å²) < 4.78 is 2.24. The van der Waals surface area contributed by atoms with E-state index in [2.05, 4.69) is 63.1 Å². The van der Waals surface area contributed by atoms with E-state index in [-0.39, 0.29) is 0 Å². The van der Waals surface area contributed by atoms with Gasteiger partial charge >= 0.3 is 0 Å². The summed E-state index contributed by atoms with van der Waals surface area (Å²) in [6.07, 6.45) is 3.38. The molecule has 5 rings (SSSR count). The maximum absolute atomic E-state index is 6.09. The van der Waals surface area contributed by atoms with Crippen molar-refractivity contribution >= 4 is 46.1 Å². The number of fused-ring (bicyclic) bond motifs is 4. The molecule has 0 saturated heterocycles. The third-order valence-electron chi connectivity index (χ3n) is 4.46. The lowest BCUT2D eigenvalue weighted by molar-refractivity contribution is 1.17. The van der Waals surface area contributed by atoms with Gasteiger partial charge in [-0.25, -0.2) is 0 Å². The van der Waals surface area contributed by atoms with Gasteiger partial charge in [0.25, 0.3) is 0 Å². The SMILES string of the molecule is [B]c1ccc(-n2c3ccccc3c3ccccc32)c2nccnc12. The van der Waals surface area contributed by atoms with E-state index in [1.54, 1.807) is 12.4 Å². The minimum Gasteiger partial charge on any atom is -0.307 e. The second-order valence-electron chi connectivity index (χ2n) is 5.80. The van der Waals surface area contributed by atoms with Crippen LogP contribution in [-0.4, -0.2) is 22.4 Å². The molecule has 0 amide bonds. The molecule has 110 valence electrons. The Bertz CT molecular complexity index is 1170. The fourth-order valence-corrected chi connectivity index (χ4v) is 3.43. The molecule has 0 saturated carbocycles. The molecule has 0 fully saturated rings. The van der Waals surface area contributed by atoms with Crippen LogP contribution in [0.1, 0.15) is 0 Å². The highest BCUT2D eigenvalue weighted by Gasteiger charge is 2.14. The Morgan fingerprint density at radius 1 is 0.667 bits per heavy atom. The van der Waals surface area contributed by atoms with E-state index in [0.717, 1.165) is 27.8 Å². The molecule has 3 aromatic carbocycles. The van der Waals surface area contributed by atoms with Gasteiger partial charge in [0.15, 0.2) is 0 Å². The average Bonchev–Trinajstić information content (AvgIpc) is 2.97. The first kappa shape index (κ1) is 13.3. The maximum Gasteiger partial charge on any atom is 0.116 e. The summed E-state index contributed by atoms with van der Waals surface area (Å²) in [6.45, 7) is 0. The van der Waals surface area contributed by atoms with E-state index >= 15 is 0 Å². The van der Waals surface area contributed by atoms with Crippen LogP contribution in [0.4, 0.5) is 0 Å². The average molecular weight is 305 g/mol. The summed E-state index contributed by atoms with van der Waals surface area (Å²) in [4.78, 5) is 8.96. The number of aromatic nitrogens is 3. The Balaban J connectivity index is 2.02. The van der Waals surface area contributed by atoms with E-state index < -0.39 is 0 Å². The van der Waals surface area contributed by atoms with Crippen molar-refractivity contribution in [1.82, 2.24) is 14.5 Å². The zero-order valence-corrected chi connectivity index (χ0v) is 12.8. The van der Waals surface area contributed by atoms with Crippen molar-refractivity contribution in [3.05, 3.63) is 73.1 Å². The fraction of sp³-hybridized carbons (Fsp3) is 0. The molecule has 24 heavy (non-hydrogen) atoms. The summed E-state index contributed by atoms with van der Waals surface area (Å²) in [7, 11) is 6.09. The van der Waals surface area contributed by atoms with Crippen molar-refractivity contribution in [2.24, 2.45) is 0 Å². The first-order chi connectivity index (χ1) is 11.8. The summed E-state index contributed by atoms with van der Waals surface area (Å²) in [5.41, 5.74) is 5.47. The summed E-state index contributed by atoms with van der Waals surface area (Å²) in [5, 5.41) is 2.45. The van der Waals surface area contributed by atoms with Crippen LogP contribution in [0, 0.1) is 0 Å². The Hall–Kier alpha value is -3.14. The Morgan fingerprint density at radius 2 is 1.25 bits per heavy atom. The summed E-state index contributed by atoms with van der Waals surface area (Å²) in [6, 6.07) is 20.7. The Kier molecular flexibility index (Phi) is 2.74. The predicted octanol–water partition coefficient (Wildman–Crippen LogP) is 3.52. The molecule has 0 bridgehead atoms. The van der Waals surface area contributed by atoms with Gasteiger partial charge in [-0.05, 0) is 18.2 Å². The van der Waals surface area contributed by atoms with Crippen LogP contribution >= 0.6 is 0 Å². The van der Waals surface area contributed by atoms with Gasteiger partial charge in [0.2, 0.25) is 0 Å². The van der Waals surface area contributed by atoms with Gasteiger partial charge in [-0.2, -0.15) is 0 Å². The first-order valence-electron chi connectivity index (χ1n) is 7.82. The Morgan fingerprint density at radius 3 is 1.92 bits per heavy atom. The minimum absolute atomic E-state index is 0.641. The second-order valence-corrected chi connectivity index (χ2v) is 5.80. The van der Waals surface area contributed by atoms with Crippen molar-refractivity contribution in [1.29, 1.82) is 0 Å². The second kappa shape index (κ2) is 4.93. The molecule has 0 atom stereocenters. The smallest absolute Gasteiger partial charge is 0.116 e. The van der Waals surface area contributed by atoms with E-state index in [4.69, 9.17) is 7.85 Å². The van der Waals surface area contributed by atoms with Gasteiger partial charge in [-0.1, -0.05) is 47.9 Å². The lowest BCUT2D eigenvalue weighted by Crippen LogP contribution is -2.08. The number of hydrogen-bond acceptors (Lipinski definition) is 2. The molecule has 2 heterocycles. The molecule has 3 nitrogen and oxygen atoms in total. The van der Waals surface area contributed by atoms with Gasteiger partial charge in [0, 0.05) is 23.2 Å². The first-order valence-corrected chi connectivity index (χ1v) is 7.82. The van der Waals surface area contributed by atoms with Crippen LogP contribution in [0.5, 0.6) is 0 Å². The van der Waals surface area contributed by atoms with E-state index in [1.165, 1.54) is 10.8 Å². The van der Waals surface area contributed by atoms with Gasteiger partial charge < -0.3 is 4.57 Å². The topological polar surface area (TPSA) is 30.7 Å². The van der Waals surface area contributed by atoms with Crippen LogP contribution in [0.15, 0.2) is 73.1 Å². The molecule has 0 spiro atoms. The number of rotatable bonds is 1. The number of hydrogen-bond donors (Lipinski definition) is 0.